The maximum absolute atomic E-state index is 14.4. The van der Waals surface area contributed by atoms with Crippen LogP contribution in [0.3, 0.4) is 0 Å². The Labute approximate surface area is 168 Å². The first-order chi connectivity index (χ1) is 14.1. The normalized spacial score (nSPS) is 12.0. The molecule has 0 aliphatic carbocycles. The Balaban J connectivity index is 1.89. The van der Waals surface area contributed by atoms with Gasteiger partial charge in [0, 0.05) is 23.2 Å². The average Bonchev–Trinajstić information content (AvgIpc) is 3.12. The van der Waals surface area contributed by atoms with E-state index in [4.69, 9.17) is 0 Å². The molecule has 0 N–H and O–H groups in total. The van der Waals surface area contributed by atoms with Gasteiger partial charge in [0.25, 0.3) is 0 Å². The Morgan fingerprint density at radius 1 is 0.931 bits per heavy atom. The van der Waals surface area contributed by atoms with Crippen LogP contribution in [0.15, 0.2) is 82.3 Å². The molecule has 0 atom stereocenters. The van der Waals surface area contributed by atoms with E-state index >= 15 is 0 Å². The van der Waals surface area contributed by atoms with Crippen LogP contribution in [0, 0.1) is 17.5 Å². The molecule has 4 rings (SSSR count). The van der Waals surface area contributed by atoms with Gasteiger partial charge >= 0.3 is 0 Å². The maximum Gasteiger partial charge on any atom is 0.211 e. The van der Waals surface area contributed by atoms with Gasteiger partial charge in [-0.05, 0) is 36.4 Å². The molecule has 0 aliphatic rings. The minimum absolute atomic E-state index is 0.0462. The molecule has 0 saturated carbocycles. The quantitative estimate of drug-likeness (QED) is 0.430. The van der Waals surface area contributed by atoms with E-state index in [0.717, 1.165) is 23.5 Å². The number of benzene rings is 2. The predicted octanol–water partition coefficient (Wildman–Crippen LogP) is 5.14. The van der Waals surface area contributed by atoms with Crippen LogP contribution in [0.1, 0.15) is 5.69 Å². The molecular formula is C21H13F3N4S. The number of hydrogen-bond acceptors (Lipinski definition) is 4. The molecule has 0 radical (unpaired) electrons. The highest BCUT2D eigenvalue weighted by molar-refractivity contribution is 7.07. The maximum atomic E-state index is 14.4. The summed E-state index contributed by atoms with van der Waals surface area (Å²) in [6.07, 6.45) is 3.12. The molecule has 8 heteroatoms. The van der Waals surface area contributed by atoms with Crippen LogP contribution in [-0.2, 0) is 0 Å². The standard InChI is InChI=1S/C21H13F3N4S/c22-14-8-9-19(18(24)11-14)27-21-28(26-12-15-5-3-4-10-25-15)20(13-29-21)16-6-1-2-7-17(16)23/h1-13H/b26-12-,27-21?. The number of hydrogen-bond donors (Lipinski definition) is 0. The third-order valence-electron chi connectivity index (χ3n) is 3.95. The third kappa shape index (κ3) is 4.17. The third-order valence-corrected chi connectivity index (χ3v) is 4.77. The molecular weight excluding hydrogens is 397 g/mol. The monoisotopic (exact) mass is 410 g/mol. The molecule has 2 aromatic heterocycles. The van der Waals surface area contributed by atoms with Crippen LogP contribution >= 0.6 is 11.3 Å². The second kappa shape index (κ2) is 8.24. The molecule has 2 heterocycles. The molecule has 0 aliphatic heterocycles. The lowest BCUT2D eigenvalue weighted by molar-refractivity contribution is 0.584. The Morgan fingerprint density at radius 2 is 1.76 bits per heavy atom. The van der Waals surface area contributed by atoms with Crippen molar-refractivity contribution in [3.05, 3.63) is 100 Å². The number of halogens is 3. The average molecular weight is 410 g/mol. The lowest BCUT2D eigenvalue weighted by Crippen LogP contribution is -2.12. The van der Waals surface area contributed by atoms with Crippen molar-refractivity contribution >= 4 is 23.2 Å². The molecule has 4 aromatic rings. The zero-order valence-corrected chi connectivity index (χ0v) is 15.7. The summed E-state index contributed by atoms with van der Waals surface area (Å²) in [6, 6.07) is 14.7. The number of rotatable bonds is 4. The minimum atomic E-state index is -0.800. The summed E-state index contributed by atoms with van der Waals surface area (Å²) in [5.74, 6) is -1.92. The van der Waals surface area contributed by atoms with Crippen LogP contribution in [0.4, 0.5) is 18.9 Å². The summed E-state index contributed by atoms with van der Waals surface area (Å²) >= 11 is 1.16. The van der Waals surface area contributed by atoms with Gasteiger partial charge in [-0.15, -0.1) is 11.3 Å². The lowest BCUT2D eigenvalue weighted by Gasteiger charge is -2.05. The van der Waals surface area contributed by atoms with Crippen molar-refractivity contribution in [1.82, 2.24) is 9.66 Å². The molecule has 29 heavy (non-hydrogen) atoms. The molecule has 4 nitrogen and oxygen atoms in total. The summed E-state index contributed by atoms with van der Waals surface area (Å²) in [4.78, 5) is 8.72. The molecule has 0 fully saturated rings. The minimum Gasteiger partial charge on any atom is -0.255 e. The van der Waals surface area contributed by atoms with E-state index in [-0.39, 0.29) is 5.69 Å². The van der Waals surface area contributed by atoms with Gasteiger partial charge < -0.3 is 0 Å². The fraction of sp³-hybridized carbons (Fsp3) is 0. The first-order valence-electron chi connectivity index (χ1n) is 8.52. The van der Waals surface area contributed by atoms with Crippen LogP contribution in [-0.4, -0.2) is 15.9 Å². The van der Waals surface area contributed by atoms with Gasteiger partial charge in [-0.1, -0.05) is 18.2 Å². The number of aromatic nitrogens is 2. The number of nitrogens with zero attached hydrogens (tertiary/aromatic N) is 4. The fourth-order valence-corrected chi connectivity index (χ4v) is 3.43. The van der Waals surface area contributed by atoms with E-state index in [0.29, 0.717) is 21.8 Å². The van der Waals surface area contributed by atoms with Gasteiger partial charge in [0.05, 0.1) is 17.6 Å². The van der Waals surface area contributed by atoms with Crippen molar-refractivity contribution in [1.29, 1.82) is 0 Å². The van der Waals surface area contributed by atoms with Crippen LogP contribution in [0.25, 0.3) is 11.3 Å². The van der Waals surface area contributed by atoms with E-state index in [1.165, 1.54) is 23.0 Å². The largest absolute Gasteiger partial charge is 0.255 e. The van der Waals surface area contributed by atoms with Crippen molar-refractivity contribution in [3.63, 3.8) is 0 Å². The highest BCUT2D eigenvalue weighted by Crippen LogP contribution is 2.24. The van der Waals surface area contributed by atoms with Gasteiger partial charge in [-0.25, -0.2) is 22.8 Å². The van der Waals surface area contributed by atoms with E-state index in [1.807, 2.05) is 6.07 Å². The van der Waals surface area contributed by atoms with Crippen molar-refractivity contribution in [2.45, 2.75) is 0 Å². The Hall–Kier alpha value is -3.52. The first kappa shape index (κ1) is 18.8. The van der Waals surface area contributed by atoms with E-state index < -0.39 is 17.5 Å². The summed E-state index contributed by atoms with van der Waals surface area (Å²) < 4.78 is 43.0. The molecule has 0 amide bonds. The lowest BCUT2D eigenvalue weighted by atomic mass is 10.1. The summed E-state index contributed by atoms with van der Waals surface area (Å²) in [5, 5.41) is 6.05. The molecule has 0 saturated heterocycles. The van der Waals surface area contributed by atoms with Crippen molar-refractivity contribution < 1.29 is 13.2 Å². The van der Waals surface area contributed by atoms with Gasteiger partial charge in [0.1, 0.15) is 17.3 Å². The Morgan fingerprint density at radius 3 is 2.52 bits per heavy atom. The number of pyridine rings is 1. The fourth-order valence-electron chi connectivity index (χ4n) is 2.59. The highest BCUT2D eigenvalue weighted by Gasteiger charge is 2.12. The second-order valence-corrected chi connectivity index (χ2v) is 6.74. The zero-order chi connectivity index (χ0) is 20.2. The molecule has 144 valence electrons. The predicted molar refractivity (Wildman–Crippen MR) is 107 cm³/mol. The van der Waals surface area contributed by atoms with Crippen LogP contribution < -0.4 is 4.80 Å². The van der Waals surface area contributed by atoms with Gasteiger partial charge in [-0.3, -0.25) is 4.98 Å². The van der Waals surface area contributed by atoms with Crippen molar-refractivity contribution in [3.8, 4) is 11.3 Å². The molecule has 0 bridgehead atoms. The summed E-state index contributed by atoms with van der Waals surface area (Å²) in [5.41, 5.74) is 1.31. The van der Waals surface area contributed by atoms with E-state index in [9.17, 15) is 13.2 Å². The second-order valence-electron chi connectivity index (χ2n) is 5.90. The smallest absolute Gasteiger partial charge is 0.211 e. The Kier molecular flexibility index (Phi) is 5.35. The highest BCUT2D eigenvalue weighted by atomic mass is 32.1. The first-order valence-corrected chi connectivity index (χ1v) is 9.40. The van der Waals surface area contributed by atoms with Crippen LogP contribution in [0.5, 0.6) is 0 Å². The molecule has 0 unspecified atom stereocenters. The zero-order valence-electron chi connectivity index (χ0n) is 14.8. The summed E-state index contributed by atoms with van der Waals surface area (Å²) in [6.45, 7) is 0. The molecule has 0 spiro atoms. The van der Waals surface area contributed by atoms with Gasteiger partial charge in [-0.2, -0.15) is 5.10 Å². The van der Waals surface area contributed by atoms with Crippen molar-refractivity contribution in [2.75, 3.05) is 0 Å². The van der Waals surface area contributed by atoms with Crippen LogP contribution in [0.2, 0.25) is 0 Å². The van der Waals surface area contributed by atoms with Crippen molar-refractivity contribution in [2.24, 2.45) is 10.1 Å². The van der Waals surface area contributed by atoms with Gasteiger partial charge in [0.2, 0.25) is 4.80 Å². The summed E-state index contributed by atoms with van der Waals surface area (Å²) in [7, 11) is 0. The van der Waals surface area contributed by atoms with Gasteiger partial charge in [0.15, 0.2) is 5.82 Å². The topological polar surface area (TPSA) is 42.5 Å². The molecule has 2 aromatic carbocycles. The van der Waals surface area contributed by atoms with E-state index in [1.54, 1.807) is 41.9 Å². The Bertz CT molecular complexity index is 1250. The SMILES string of the molecule is Fc1ccc(N=c2scc(-c3ccccc3F)n2/N=C\c2ccccn2)c(F)c1. The number of thiazole rings is 1. The van der Waals surface area contributed by atoms with E-state index in [2.05, 4.69) is 15.1 Å².